The second-order valence-corrected chi connectivity index (χ2v) is 5.03. The van der Waals surface area contributed by atoms with Crippen molar-refractivity contribution < 1.29 is 24.2 Å². The molecule has 0 bridgehead atoms. The number of carboxylic acid groups (broad SMARTS) is 1. The predicted molar refractivity (Wildman–Crippen MR) is 86.7 cm³/mol. The lowest BCUT2D eigenvalue weighted by molar-refractivity contribution is -0.156. The minimum absolute atomic E-state index is 0.648. The minimum Gasteiger partial charge on any atom is -0.474 e. The third-order valence-electron chi connectivity index (χ3n) is 3.26. The molecule has 0 fully saturated rings. The smallest absolute Gasteiger partial charge is 0.391 e. The van der Waals surface area contributed by atoms with Crippen LogP contribution >= 0.6 is 0 Å². The summed E-state index contributed by atoms with van der Waals surface area (Å²) in [4.78, 5) is 22.8. The van der Waals surface area contributed by atoms with Crippen molar-refractivity contribution in [1.29, 1.82) is 5.41 Å². The van der Waals surface area contributed by atoms with Crippen LogP contribution in [0.3, 0.4) is 0 Å². The summed E-state index contributed by atoms with van der Waals surface area (Å²) in [6, 6.07) is 18.4. The Kier molecular flexibility index (Phi) is 5.68. The highest BCUT2D eigenvalue weighted by Gasteiger charge is 2.25. The molecule has 6 heteroatoms. The number of carboxylic acids is 1. The molecule has 2 aromatic rings. The van der Waals surface area contributed by atoms with Crippen LogP contribution in [0.4, 0.5) is 0 Å². The average Bonchev–Trinajstić information content (AvgIpc) is 2.60. The van der Waals surface area contributed by atoms with E-state index in [1.54, 1.807) is 0 Å². The molecular formula is C18H17NO5. The highest BCUT2D eigenvalue weighted by atomic mass is 16.6. The van der Waals surface area contributed by atoms with Crippen LogP contribution < -0.4 is 0 Å². The van der Waals surface area contributed by atoms with Crippen molar-refractivity contribution in [3.05, 3.63) is 71.8 Å². The molecule has 0 aliphatic rings. The molecule has 1 atom stereocenters. The molecule has 6 nitrogen and oxygen atoms in total. The van der Waals surface area contributed by atoms with Gasteiger partial charge < -0.3 is 14.6 Å². The van der Waals surface area contributed by atoms with Gasteiger partial charge in [0, 0.05) is 0 Å². The molecule has 0 amide bonds. The number of rotatable bonds is 5. The van der Waals surface area contributed by atoms with Crippen molar-refractivity contribution in [2.45, 2.75) is 19.1 Å². The van der Waals surface area contributed by atoms with Crippen LogP contribution in [0, 0.1) is 5.41 Å². The van der Waals surface area contributed by atoms with Gasteiger partial charge in [-0.2, -0.15) is 0 Å². The van der Waals surface area contributed by atoms with Gasteiger partial charge in [0.15, 0.2) is 12.2 Å². The molecule has 0 saturated carbocycles. The number of benzene rings is 2. The maximum absolute atomic E-state index is 12.2. The molecule has 0 aromatic heterocycles. The Labute approximate surface area is 139 Å². The van der Waals surface area contributed by atoms with Crippen molar-refractivity contribution >= 4 is 17.8 Å². The molecule has 0 heterocycles. The van der Waals surface area contributed by atoms with Gasteiger partial charge in [-0.15, -0.1) is 0 Å². The summed E-state index contributed by atoms with van der Waals surface area (Å²) in [6.45, 7) is 1.34. The first kappa shape index (κ1) is 17.2. The van der Waals surface area contributed by atoms with Crippen LogP contribution in [-0.4, -0.2) is 29.0 Å². The average molecular weight is 327 g/mol. The number of hydrogen-bond donors (Lipinski definition) is 2. The molecule has 24 heavy (non-hydrogen) atoms. The molecule has 124 valence electrons. The highest BCUT2D eigenvalue weighted by Crippen LogP contribution is 2.26. The zero-order chi connectivity index (χ0) is 17.5. The number of aliphatic carboxylic acids is 1. The number of carbonyl (C=O) groups excluding carboxylic acids is 1. The molecular weight excluding hydrogens is 310 g/mol. The lowest BCUT2D eigenvalue weighted by Crippen LogP contribution is -2.30. The maximum atomic E-state index is 12.2. The minimum atomic E-state index is -1.54. The monoisotopic (exact) mass is 327 g/mol. The zero-order valence-corrected chi connectivity index (χ0v) is 13.0. The van der Waals surface area contributed by atoms with E-state index < -0.39 is 30.0 Å². The first-order valence-corrected chi connectivity index (χ1v) is 7.28. The molecule has 2 aromatic carbocycles. The van der Waals surface area contributed by atoms with Crippen molar-refractivity contribution in [2.24, 2.45) is 0 Å². The van der Waals surface area contributed by atoms with E-state index >= 15 is 0 Å². The largest absolute Gasteiger partial charge is 0.474 e. The summed E-state index contributed by atoms with van der Waals surface area (Å²) >= 11 is 0. The van der Waals surface area contributed by atoms with Crippen LogP contribution in [0.2, 0.25) is 0 Å². The van der Waals surface area contributed by atoms with Gasteiger partial charge in [-0.1, -0.05) is 60.7 Å². The standard InChI is InChI=1S/C18H17NO5/c1-12(23-16(19)17(20)21)18(22)24-15(13-8-4-2-5-9-13)14-10-6-3-7-11-14/h2-12,15,19H,1H3,(H,20,21). The molecule has 2 N–H and O–H groups in total. The van der Waals surface area contributed by atoms with Crippen molar-refractivity contribution in [3.63, 3.8) is 0 Å². The van der Waals surface area contributed by atoms with Crippen molar-refractivity contribution in [1.82, 2.24) is 0 Å². The molecule has 0 radical (unpaired) electrons. The molecule has 0 aliphatic heterocycles. The number of carbonyl (C=O) groups is 2. The lowest BCUT2D eigenvalue weighted by Gasteiger charge is -2.21. The number of esters is 1. The first-order valence-electron chi connectivity index (χ1n) is 7.28. The third-order valence-corrected chi connectivity index (χ3v) is 3.26. The highest BCUT2D eigenvalue weighted by molar-refractivity contribution is 6.30. The van der Waals surface area contributed by atoms with Gasteiger partial charge >= 0.3 is 11.9 Å². The second-order valence-electron chi connectivity index (χ2n) is 5.03. The summed E-state index contributed by atoms with van der Waals surface area (Å²) in [5.74, 6) is -3.30. The summed E-state index contributed by atoms with van der Waals surface area (Å²) in [5.41, 5.74) is 1.55. The second kappa shape index (κ2) is 7.92. The Morgan fingerprint density at radius 2 is 1.38 bits per heavy atom. The molecule has 0 spiro atoms. The SMILES string of the molecule is CC(OC(=N)C(=O)O)C(=O)OC(c1ccccc1)c1ccccc1. The summed E-state index contributed by atoms with van der Waals surface area (Å²) in [6.07, 6.45) is -1.85. The fourth-order valence-corrected chi connectivity index (χ4v) is 2.07. The van der Waals surface area contributed by atoms with Gasteiger partial charge in [-0.25, -0.2) is 9.59 Å². The van der Waals surface area contributed by atoms with E-state index in [4.69, 9.17) is 20.0 Å². The van der Waals surface area contributed by atoms with Crippen molar-refractivity contribution in [2.75, 3.05) is 0 Å². The van der Waals surface area contributed by atoms with E-state index in [9.17, 15) is 9.59 Å². The van der Waals surface area contributed by atoms with Crippen molar-refractivity contribution in [3.8, 4) is 0 Å². The molecule has 0 aliphatic carbocycles. The van der Waals surface area contributed by atoms with E-state index in [2.05, 4.69) is 0 Å². The zero-order valence-electron chi connectivity index (χ0n) is 13.0. The Bertz CT molecular complexity index is 675. The summed E-state index contributed by atoms with van der Waals surface area (Å²) < 4.78 is 10.3. The van der Waals surface area contributed by atoms with Gasteiger partial charge in [0.05, 0.1) is 0 Å². The van der Waals surface area contributed by atoms with E-state index in [1.807, 2.05) is 60.7 Å². The van der Waals surface area contributed by atoms with Crippen LogP contribution in [-0.2, 0) is 19.1 Å². The van der Waals surface area contributed by atoms with Crippen LogP contribution in [0.1, 0.15) is 24.2 Å². The number of hydrogen-bond acceptors (Lipinski definition) is 5. The Balaban J connectivity index is 2.18. The van der Waals surface area contributed by atoms with Gasteiger partial charge in [-0.05, 0) is 18.1 Å². The molecule has 0 saturated heterocycles. The molecule has 1 unspecified atom stereocenters. The normalized spacial score (nSPS) is 11.6. The van der Waals surface area contributed by atoms with Crippen LogP contribution in [0.15, 0.2) is 60.7 Å². The van der Waals surface area contributed by atoms with E-state index in [1.165, 1.54) is 6.92 Å². The van der Waals surface area contributed by atoms with Gasteiger partial charge in [-0.3, -0.25) is 5.41 Å². The Morgan fingerprint density at radius 1 is 0.917 bits per heavy atom. The van der Waals surface area contributed by atoms with Gasteiger partial charge in [0.25, 0.3) is 5.90 Å². The fraction of sp³-hybridized carbons (Fsp3) is 0.167. The van der Waals surface area contributed by atoms with Gasteiger partial charge in [0.1, 0.15) is 0 Å². The summed E-state index contributed by atoms with van der Waals surface area (Å²) in [7, 11) is 0. The van der Waals surface area contributed by atoms with Crippen LogP contribution in [0.25, 0.3) is 0 Å². The van der Waals surface area contributed by atoms with E-state index in [0.29, 0.717) is 0 Å². The Morgan fingerprint density at radius 3 is 1.79 bits per heavy atom. The number of nitrogens with one attached hydrogen (secondary N) is 1. The first-order chi connectivity index (χ1) is 11.5. The van der Waals surface area contributed by atoms with Gasteiger partial charge in [0.2, 0.25) is 0 Å². The summed E-state index contributed by atoms with van der Waals surface area (Å²) in [5, 5.41) is 15.8. The Hall–Kier alpha value is -3.15. The third kappa shape index (κ3) is 4.42. The van der Waals surface area contributed by atoms with E-state index in [-0.39, 0.29) is 0 Å². The predicted octanol–water partition coefficient (Wildman–Crippen LogP) is 2.79. The lowest BCUT2D eigenvalue weighted by atomic mass is 10.0. The fourth-order valence-electron chi connectivity index (χ4n) is 2.07. The molecule has 2 rings (SSSR count). The quantitative estimate of drug-likeness (QED) is 0.500. The van der Waals surface area contributed by atoms with E-state index in [0.717, 1.165) is 11.1 Å². The maximum Gasteiger partial charge on any atom is 0.391 e. The number of ether oxygens (including phenoxy) is 2. The topological polar surface area (TPSA) is 96.7 Å². The van der Waals surface area contributed by atoms with Crippen LogP contribution in [0.5, 0.6) is 0 Å².